The van der Waals surface area contributed by atoms with Crippen LogP contribution in [0.2, 0.25) is 0 Å². The monoisotopic (exact) mass is 319 g/mol. The molecule has 2 aromatic rings. The number of methoxy groups -OCH3 is 1. The lowest BCUT2D eigenvalue weighted by atomic mass is 10.1. The summed E-state index contributed by atoms with van der Waals surface area (Å²) in [6.07, 6.45) is 0. The Balaban J connectivity index is 2.29. The number of carbonyl (C=O) groups is 2. The number of para-hydroxylation sites is 1. The van der Waals surface area contributed by atoms with Gasteiger partial charge in [-0.2, -0.15) is 0 Å². The molecule has 0 spiro atoms. The highest BCUT2D eigenvalue weighted by Gasteiger charge is 2.16. The largest absolute Gasteiger partial charge is 0.493 e. The van der Waals surface area contributed by atoms with Crippen LogP contribution in [0.5, 0.6) is 11.5 Å². The fraction of sp³-hybridized carbons (Fsp3) is 0.125. The number of primary amides is 1. The topological polar surface area (TPSA) is 98.9 Å². The first-order valence-electron chi connectivity index (χ1n) is 6.55. The summed E-state index contributed by atoms with van der Waals surface area (Å²) in [4.78, 5) is 22.4. The van der Waals surface area contributed by atoms with Crippen molar-refractivity contribution < 1.29 is 28.6 Å². The Morgan fingerprint density at radius 1 is 1.22 bits per heavy atom. The van der Waals surface area contributed by atoms with Gasteiger partial charge in [-0.15, -0.1) is 0 Å². The molecule has 2 aromatic carbocycles. The van der Waals surface area contributed by atoms with Crippen LogP contribution in [0.1, 0.15) is 26.3 Å². The van der Waals surface area contributed by atoms with Crippen LogP contribution in [0.25, 0.3) is 0 Å². The van der Waals surface area contributed by atoms with Crippen molar-refractivity contribution in [3.05, 3.63) is 58.9 Å². The van der Waals surface area contributed by atoms with E-state index in [-0.39, 0.29) is 17.9 Å². The average molecular weight is 319 g/mol. The lowest BCUT2D eigenvalue weighted by molar-refractivity contribution is 0.0691. The highest BCUT2D eigenvalue weighted by Crippen LogP contribution is 2.31. The van der Waals surface area contributed by atoms with Crippen LogP contribution in [0.15, 0.2) is 36.4 Å². The summed E-state index contributed by atoms with van der Waals surface area (Å²) < 4.78 is 24.0. The van der Waals surface area contributed by atoms with Crippen molar-refractivity contribution in [2.75, 3.05) is 7.11 Å². The average Bonchev–Trinajstić information content (AvgIpc) is 2.53. The number of amides is 1. The maximum Gasteiger partial charge on any atom is 0.338 e. The van der Waals surface area contributed by atoms with E-state index in [1.807, 2.05) is 0 Å². The van der Waals surface area contributed by atoms with Crippen molar-refractivity contribution in [1.29, 1.82) is 0 Å². The first-order valence-corrected chi connectivity index (χ1v) is 6.55. The summed E-state index contributed by atoms with van der Waals surface area (Å²) in [6, 6.07) is 8.26. The predicted molar refractivity (Wildman–Crippen MR) is 79.2 cm³/mol. The number of carboxylic acids is 1. The number of carbonyl (C=O) groups excluding carboxylic acids is 1. The van der Waals surface area contributed by atoms with Gasteiger partial charge in [-0.1, -0.05) is 12.1 Å². The fourth-order valence-corrected chi connectivity index (χ4v) is 2.00. The summed E-state index contributed by atoms with van der Waals surface area (Å²) in [5.41, 5.74) is 5.38. The van der Waals surface area contributed by atoms with Gasteiger partial charge in [-0.25, -0.2) is 9.18 Å². The van der Waals surface area contributed by atoms with E-state index in [2.05, 4.69) is 0 Å². The van der Waals surface area contributed by atoms with Crippen LogP contribution in [0, 0.1) is 5.82 Å². The highest BCUT2D eigenvalue weighted by atomic mass is 19.1. The van der Waals surface area contributed by atoms with Crippen LogP contribution in [-0.2, 0) is 6.61 Å². The van der Waals surface area contributed by atoms with Gasteiger partial charge in [-0.3, -0.25) is 4.79 Å². The number of aromatic carboxylic acids is 1. The molecule has 0 atom stereocenters. The van der Waals surface area contributed by atoms with E-state index < -0.39 is 23.3 Å². The molecule has 23 heavy (non-hydrogen) atoms. The molecule has 0 aliphatic heterocycles. The van der Waals surface area contributed by atoms with Crippen molar-refractivity contribution >= 4 is 11.9 Å². The van der Waals surface area contributed by atoms with Gasteiger partial charge in [0.05, 0.1) is 18.2 Å². The van der Waals surface area contributed by atoms with Crippen molar-refractivity contribution in [2.24, 2.45) is 5.73 Å². The van der Waals surface area contributed by atoms with E-state index in [1.165, 1.54) is 19.2 Å². The quantitative estimate of drug-likeness (QED) is 0.850. The van der Waals surface area contributed by atoms with Crippen molar-refractivity contribution in [2.45, 2.75) is 6.61 Å². The number of carboxylic acid groups (broad SMARTS) is 1. The van der Waals surface area contributed by atoms with Crippen LogP contribution in [0.4, 0.5) is 4.39 Å². The van der Waals surface area contributed by atoms with Crippen LogP contribution in [-0.4, -0.2) is 24.1 Å². The van der Waals surface area contributed by atoms with Crippen LogP contribution < -0.4 is 15.2 Å². The molecule has 0 fully saturated rings. The SMILES string of the molecule is COc1cccc(C(N)=O)c1OCc1ccc(F)c(C(=O)O)c1. The normalized spacial score (nSPS) is 10.2. The van der Waals surface area contributed by atoms with E-state index >= 15 is 0 Å². The van der Waals surface area contributed by atoms with Gasteiger partial charge in [0.15, 0.2) is 11.5 Å². The molecule has 0 heterocycles. The zero-order valence-corrected chi connectivity index (χ0v) is 12.2. The Kier molecular flexibility index (Phi) is 4.80. The third-order valence-electron chi connectivity index (χ3n) is 3.11. The Labute approximate surface area is 131 Å². The molecule has 0 unspecified atom stereocenters. The van der Waals surface area contributed by atoms with Crippen LogP contribution >= 0.6 is 0 Å². The standard InChI is InChI=1S/C16H14FNO5/c1-22-13-4-2-3-10(15(18)19)14(13)23-8-9-5-6-12(17)11(7-9)16(20)21/h2-7H,8H2,1H3,(H2,18,19)(H,20,21). The van der Waals surface area contributed by atoms with Gasteiger partial charge < -0.3 is 20.3 Å². The highest BCUT2D eigenvalue weighted by molar-refractivity contribution is 5.96. The van der Waals surface area contributed by atoms with E-state index in [4.69, 9.17) is 20.3 Å². The molecule has 0 aromatic heterocycles. The van der Waals surface area contributed by atoms with Crippen molar-refractivity contribution in [3.63, 3.8) is 0 Å². The molecule has 0 radical (unpaired) electrons. The zero-order valence-electron chi connectivity index (χ0n) is 12.2. The number of ether oxygens (including phenoxy) is 2. The van der Waals surface area contributed by atoms with E-state index in [0.717, 1.165) is 12.1 Å². The lowest BCUT2D eigenvalue weighted by Gasteiger charge is -2.13. The second kappa shape index (κ2) is 6.78. The third kappa shape index (κ3) is 3.57. The minimum Gasteiger partial charge on any atom is -0.493 e. The molecule has 0 aliphatic rings. The Morgan fingerprint density at radius 3 is 2.57 bits per heavy atom. The summed E-state index contributed by atoms with van der Waals surface area (Å²) in [5, 5.41) is 8.91. The van der Waals surface area contributed by atoms with Gasteiger partial charge in [-0.05, 0) is 29.8 Å². The second-order valence-corrected chi connectivity index (χ2v) is 4.61. The predicted octanol–water partition coefficient (Wildman–Crippen LogP) is 2.21. The molecule has 0 saturated carbocycles. The fourth-order valence-electron chi connectivity index (χ4n) is 2.00. The first-order chi connectivity index (χ1) is 10.9. The maximum atomic E-state index is 13.4. The third-order valence-corrected chi connectivity index (χ3v) is 3.11. The Morgan fingerprint density at radius 2 is 1.96 bits per heavy atom. The molecule has 0 aliphatic carbocycles. The van der Waals surface area contributed by atoms with Gasteiger partial charge >= 0.3 is 5.97 Å². The number of nitrogens with two attached hydrogens (primary N) is 1. The van der Waals surface area contributed by atoms with Gasteiger partial charge in [0.25, 0.3) is 5.91 Å². The molecule has 120 valence electrons. The number of benzene rings is 2. The first kappa shape index (κ1) is 16.3. The second-order valence-electron chi connectivity index (χ2n) is 4.61. The van der Waals surface area contributed by atoms with E-state index in [1.54, 1.807) is 12.1 Å². The Hall–Kier alpha value is -3.09. The maximum absolute atomic E-state index is 13.4. The molecule has 0 saturated heterocycles. The number of rotatable bonds is 6. The zero-order chi connectivity index (χ0) is 17.0. The summed E-state index contributed by atoms with van der Waals surface area (Å²) in [5.74, 6) is -2.45. The minimum atomic E-state index is -1.38. The number of halogens is 1. The Bertz CT molecular complexity index is 760. The molecule has 1 amide bonds. The van der Waals surface area contributed by atoms with Gasteiger partial charge in [0.1, 0.15) is 12.4 Å². The molecule has 2 rings (SSSR count). The smallest absolute Gasteiger partial charge is 0.338 e. The molecule has 6 nitrogen and oxygen atoms in total. The van der Waals surface area contributed by atoms with Crippen molar-refractivity contribution in [1.82, 2.24) is 0 Å². The number of hydrogen-bond acceptors (Lipinski definition) is 4. The number of hydrogen-bond donors (Lipinski definition) is 2. The van der Waals surface area contributed by atoms with Crippen LogP contribution in [0.3, 0.4) is 0 Å². The summed E-state index contributed by atoms with van der Waals surface area (Å²) in [7, 11) is 1.41. The molecular weight excluding hydrogens is 305 g/mol. The summed E-state index contributed by atoms with van der Waals surface area (Å²) >= 11 is 0. The summed E-state index contributed by atoms with van der Waals surface area (Å²) in [6.45, 7) is -0.0821. The van der Waals surface area contributed by atoms with Gasteiger partial charge in [0.2, 0.25) is 0 Å². The molecular formula is C16H14FNO5. The van der Waals surface area contributed by atoms with Crippen molar-refractivity contribution in [3.8, 4) is 11.5 Å². The molecule has 0 bridgehead atoms. The lowest BCUT2D eigenvalue weighted by Crippen LogP contribution is -2.13. The van der Waals surface area contributed by atoms with E-state index in [9.17, 15) is 14.0 Å². The molecule has 3 N–H and O–H groups in total. The minimum absolute atomic E-state index is 0.0821. The van der Waals surface area contributed by atoms with E-state index in [0.29, 0.717) is 11.3 Å². The molecule has 7 heteroatoms. The van der Waals surface area contributed by atoms with Gasteiger partial charge in [0, 0.05) is 0 Å².